The van der Waals surface area contributed by atoms with E-state index in [0.717, 1.165) is 6.08 Å². The van der Waals surface area contributed by atoms with Gasteiger partial charge in [-0.25, -0.2) is 0 Å². The number of rotatable bonds is 9. The van der Waals surface area contributed by atoms with E-state index in [9.17, 15) is 28.2 Å². The van der Waals surface area contributed by atoms with Crippen molar-refractivity contribution >= 4 is 27.8 Å². The maximum atomic E-state index is 12.3. The third-order valence-electron chi connectivity index (χ3n) is 4.22. The molecule has 0 aromatic heterocycles. The topological polar surface area (TPSA) is 147 Å². The molecule has 2 atom stereocenters. The second-order valence-electron chi connectivity index (χ2n) is 6.42. The molecule has 0 heterocycles. The predicted molar refractivity (Wildman–Crippen MR) is 103 cm³/mol. The molecule has 10 heteroatoms. The van der Waals surface area contributed by atoms with E-state index < -0.39 is 27.9 Å². The highest BCUT2D eigenvalue weighted by atomic mass is 32.2. The van der Waals surface area contributed by atoms with Gasteiger partial charge < -0.3 is 19.7 Å². The van der Waals surface area contributed by atoms with Crippen LogP contribution < -0.4 is 4.74 Å². The minimum atomic E-state index is -4.09. The molecule has 0 amide bonds. The van der Waals surface area contributed by atoms with Crippen LogP contribution in [0, 0.1) is 5.92 Å². The van der Waals surface area contributed by atoms with Gasteiger partial charge in [-0.3, -0.25) is 14.1 Å². The average Bonchev–Trinajstić information content (AvgIpc) is 2.63. The van der Waals surface area contributed by atoms with Crippen molar-refractivity contribution in [1.82, 2.24) is 0 Å². The molecule has 1 aromatic carbocycles. The molecule has 0 fully saturated rings. The molecule has 158 valence electrons. The predicted octanol–water partition coefficient (Wildman–Crippen LogP) is 1.50. The number of methoxy groups -OCH3 is 1. The third-order valence-corrected chi connectivity index (χ3v) is 5.02. The number of carbonyl (C=O) groups excluding carboxylic acids is 2. The number of ether oxygens (including phenoxy) is 2. The van der Waals surface area contributed by atoms with Gasteiger partial charge >= 0.3 is 0 Å². The lowest BCUT2D eigenvalue weighted by atomic mass is 9.89. The Morgan fingerprint density at radius 3 is 2.45 bits per heavy atom. The summed E-state index contributed by atoms with van der Waals surface area (Å²) in [4.78, 5) is 24.1. The molecule has 1 aliphatic carbocycles. The molecule has 29 heavy (non-hydrogen) atoms. The Labute approximate surface area is 168 Å². The number of hydrogen-bond acceptors (Lipinski definition) is 8. The van der Waals surface area contributed by atoms with E-state index in [4.69, 9.17) is 14.0 Å². The standard InChI is InChI=1S/C19H22O9S/c1-27-19-6-3-12(9-18(19)23)15(20)5-4-14-16(21)10-13(11-17(14)22)28-7-2-8-29(24,25)26/h3-6,10-12,19,21-22H,2,7-9H2,1H3,(H,24,25,26). The zero-order chi connectivity index (χ0) is 21.6. The summed E-state index contributed by atoms with van der Waals surface area (Å²) in [6.45, 7) is -0.0587. The summed E-state index contributed by atoms with van der Waals surface area (Å²) in [6.07, 6.45) is 4.88. The summed E-state index contributed by atoms with van der Waals surface area (Å²) in [5.74, 6) is -2.31. The Morgan fingerprint density at radius 2 is 1.90 bits per heavy atom. The van der Waals surface area contributed by atoms with Gasteiger partial charge in [-0.1, -0.05) is 12.2 Å². The van der Waals surface area contributed by atoms with Crippen molar-refractivity contribution in [2.75, 3.05) is 19.5 Å². The SMILES string of the molecule is COC1C=CC(C(=O)C=Cc2c(O)cc(OCCCS(=O)(=O)O)cc2O)CC1=O. The number of phenolic OH excluding ortho intramolecular Hbond substituents is 2. The summed E-state index contributed by atoms with van der Waals surface area (Å²) in [7, 11) is -2.68. The highest BCUT2D eigenvalue weighted by Crippen LogP contribution is 2.34. The van der Waals surface area contributed by atoms with Gasteiger partial charge in [0, 0.05) is 31.6 Å². The maximum Gasteiger partial charge on any atom is 0.264 e. The monoisotopic (exact) mass is 426 g/mol. The van der Waals surface area contributed by atoms with Crippen molar-refractivity contribution in [3.05, 3.63) is 35.9 Å². The van der Waals surface area contributed by atoms with Gasteiger partial charge in [0.15, 0.2) is 11.6 Å². The quantitative estimate of drug-likeness (QED) is 0.231. The molecule has 2 unspecified atom stereocenters. The number of Topliss-reactive ketones (excluding diaryl/α,β-unsaturated/α-hetero) is 1. The van der Waals surface area contributed by atoms with Gasteiger partial charge in [-0.2, -0.15) is 8.42 Å². The minimum Gasteiger partial charge on any atom is -0.507 e. The van der Waals surface area contributed by atoms with Crippen LogP contribution in [0.3, 0.4) is 0 Å². The van der Waals surface area contributed by atoms with Gasteiger partial charge in [-0.05, 0) is 18.6 Å². The summed E-state index contributed by atoms with van der Waals surface area (Å²) in [5.41, 5.74) is -0.00970. The Morgan fingerprint density at radius 1 is 1.24 bits per heavy atom. The molecule has 0 radical (unpaired) electrons. The summed E-state index contributed by atoms with van der Waals surface area (Å²) in [5, 5.41) is 20.1. The molecule has 0 bridgehead atoms. The van der Waals surface area contributed by atoms with Gasteiger partial charge in [-0.15, -0.1) is 0 Å². The van der Waals surface area contributed by atoms with Crippen molar-refractivity contribution < 1.29 is 42.2 Å². The smallest absolute Gasteiger partial charge is 0.264 e. The lowest BCUT2D eigenvalue weighted by molar-refractivity contribution is -0.130. The van der Waals surface area contributed by atoms with Crippen LogP contribution in [0.2, 0.25) is 0 Å². The molecule has 0 spiro atoms. The van der Waals surface area contributed by atoms with E-state index in [2.05, 4.69) is 0 Å². The largest absolute Gasteiger partial charge is 0.507 e. The van der Waals surface area contributed by atoms with Crippen molar-refractivity contribution in [3.63, 3.8) is 0 Å². The van der Waals surface area contributed by atoms with Crippen LogP contribution in [-0.2, 0) is 24.4 Å². The second-order valence-corrected chi connectivity index (χ2v) is 7.99. The Balaban J connectivity index is 2.02. The molecule has 0 saturated heterocycles. The molecule has 3 N–H and O–H groups in total. The normalized spacial score (nSPS) is 19.6. The number of benzene rings is 1. The first-order valence-electron chi connectivity index (χ1n) is 8.70. The number of hydrogen-bond donors (Lipinski definition) is 3. The van der Waals surface area contributed by atoms with Crippen LogP contribution in [-0.4, -0.2) is 60.3 Å². The molecule has 1 aliphatic rings. The number of ketones is 2. The molecule has 0 saturated carbocycles. The first kappa shape index (κ1) is 22.6. The van der Waals surface area contributed by atoms with Crippen LogP contribution in [0.5, 0.6) is 17.2 Å². The Hall–Kier alpha value is -2.69. The van der Waals surface area contributed by atoms with Gasteiger partial charge in [0.25, 0.3) is 10.1 Å². The van der Waals surface area contributed by atoms with Crippen LogP contribution in [0.15, 0.2) is 30.4 Å². The van der Waals surface area contributed by atoms with Gasteiger partial charge in [0.2, 0.25) is 0 Å². The Kier molecular flexibility index (Phi) is 7.54. The minimum absolute atomic E-state index is 0.00643. The molecular formula is C19H22O9S. The molecule has 1 aromatic rings. The average molecular weight is 426 g/mol. The highest BCUT2D eigenvalue weighted by Gasteiger charge is 2.26. The van der Waals surface area contributed by atoms with Crippen LogP contribution in [0.25, 0.3) is 6.08 Å². The van der Waals surface area contributed by atoms with E-state index in [-0.39, 0.29) is 53.8 Å². The molecule has 0 aliphatic heterocycles. The van der Waals surface area contributed by atoms with E-state index in [1.54, 1.807) is 6.08 Å². The summed E-state index contributed by atoms with van der Waals surface area (Å²) in [6, 6.07) is 2.40. The lowest BCUT2D eigenvalue weighted by Crippen LogP contribution is -2.29. The maximum absolute atomic E-state index is 12.3. The van der Waals surface area contributed by atoms with E-state index >= 15 is 0 Å². The first-order chi connectivity index (χ1) is 13.6. The molecule has 9 nitrogen and oxygen atoms in total. The molecule has 2 rings (SSSR count). The van der Waals surface area contributed by atoms with E-state index in [1.165, 1.54) is 31.4 Å². The molecular weight excluding hydrogens is 404 g/mol. The van der Waals surface area contributed by atoms with Gasteiger partial charge in [0.1, 0.15) is 23.4 Å². The second kappa shape index (κ2) is 9.68. The van der Waals surface area contributed by atoms with Crippen molar-refractivity contribution in [2.24, 2.45) is 5.92 Å². The van der Waals surface area contributed by atoms with Crippen molar-refractivity contribution in [2.45, 2.75) is 18.9 Å². The van der Waals surface area contributed by atoms with Crippen molar-refractivity contribution in [1.29, 1.82) is 0 Å². The van der Waals surface area contributed by atoms with Crippen molar-refractivity contribution in [3.8, 4) is 17.2 Å². The van der Waals surface area contributed by atoms with Gasteiger partial charge in [0.05, 0.1) is 17.9 Å². The zero-order valence-electron chi connectivity index (χ0n) is 15.6. The Bertz CT molecular complexity index is 908. The third kappa shape index (κ3) is 6.70. The van der Waals surface area contributed by atoms with Crippen LogP contribution in [0.4, 0.5) is 0 Å². The summed E-state index contributed by atoms with van der Waals surface area (Å²) >= 11 is 0. The fourth-order valence-corrected chi connectivity index (χ4v) is 3.20. The highest BCUT2D eigenvalue weighted by molar-refractivity contribution is 7.85. The van der Waals surface area contributed by atoms with Crippen LogP contribution in [0.1, 0.15) is 18.4 Å². The lowest BCUT2D eigenvalue weighted by Gasteiger charge is -2.18. The number of aromatic hydroxyl groups is 2. The van der Waals surface area contributed by atoms with E-state index in [0.29, 0.717) is 0 Å². The summed E-state index contributed by atoms with van der Waals surface area (Å²) < 4.78 is 40.1. The first-order valence-corrected chi connectivity index (χ1v) is 10.3. The number of allylic oxidation sites excluding steroid dienone is 2. The number of carbonyl (C=O) groups is 2. The fraction of sp³-hybridized carbons (Fsp3) is 0.368. The van der Waals surface area contributed by atoms with Crippen LogP contribution >= 0.6 is 0 Å². The van der Waals surface area contributed by atoms with E-state index in [1.807, 2.05) is 0 Å². The number of phenols is 2. The fourth-order valence-electron chi connectivity index (χ4n) is 2.72. The zero-order valence-corrected chi connectivity index (χ0v) is 16.5.